The zero-order valence-corrected chi connectivity index (χ0v) is 17.4. The van der Waals surface area contributed by atoms with Crippen LogP contribution in [0.25, 0.3) is 0 Å². The molecular weight excluding hydrogens is 382 g/mol. The van der Waals surface area contributed by atoms with Crippen LogP contribution in [0.2, 0.25) is 0 Å². The summed E-state index contributed by atoms with van der Waals surface area (Å²) < 4.78 is 4.25. The Kier molecular flexibility index (Phi) is 11.0. The van der Waals surface area contributed by atoms with E-state index in [2.05, 4.69) is 21.6 Å². The number of carbonyl (C=O) groups excluding carboxylic acids is 1. The van der Waals surface area contributed by atoms with E-state index in [0.29, 0.717) is 11.4 Å². The first-order valence-electron chi connectivity index (χ1n) is 9.51. The highest BCUT2D eigenvalue weighted by atomic mass is 16.5. The van der Waals surface area contributed by atoms with Crippen LogP contribution in [0, 0.1) is 0 Å². The minimum atomic E-state index is -0.934. The van der Waals surface area contributed by atoms with Crippen molar-refractivity contribution in [2.75, 3.05) is 12.3 Å². The lowest BCUT2D eigenvalue weighted by Crippen LogP contribution is -2.25. The van der Waals surface area contributed by atoms with Crippen molar-refractivity contribution >= 4 is 17.7 Å². The van der Waals surface area contributed by atoms with Gasteiger partial charge in [-0.1, -0.05) is 23.8 Å². The largest absolute Gasteiger partial charge is 0.481 e. The first-order valence-corrected chi connectivity index (χ1v) is 9.51. The van der Waals surface area contributed by atoms with Crippen molar-refractivity contribution in [1.82, 2.24) is 10.3 Å². The molecule has 1 aliphatic rings. The van der Waals surface area contributed by atoms with Crippen molar-refractivity contribution in [3.8, 4) is 0 Å². The van der Waals surface area contributed by atoms with Crippen LogP contribution >= 0.6 is 0 Å². The maximum Gasteiger partial charge on any atom is 0.305 e. The Morgan fingerprint density at radius 2 is 1.70 bits per heavy atom. The van der Waals surface area contributed by atoms with Gasteiger partial charge in [-0.2, -0.15) is 0 Å². The molecule has 7 nitrogen and oxygen atoms in total. The number of nitrogens with zero attached hydrogens (tertiary/aromatic N) is 1. The lowest BCUT2D eigenvalue weighted by Gasteiger charge is -2.06. The summed E-state index contributed by atoms with van der Waals surface area (Å²) in [6.07, 6.45) is 4.74. The summed E-state index contributed by atoms with van der Waals surface area (Å²) in [4.78, 5) is 26.5. The maximum absolute atomic E-state index is 11.8. The molecule has 3 rings (SSSR count). The van der Waals surface area contributed by atoms with Gasteiger partial charge in [0.15, 0.2) is 0 Å². The molecule has 30 heavy (non-hydrogen) atoms. The van der Waals surface area contributed by atoms with Crippen molar-refractivity contribution in [2.45, 2.75) is 33.1 Å². The Balaban J connectivity index is 0.000000548. The number of aryl methyl sites for hydroxylation is 2. The van der Waals surface area contributed by atoms with Gasteiger partial charge in [-0.05, 0) is 56.5 Å². The topological polar surface area (TPSA) is 118 Å². The lowest BCUT2D eigenvalue weighted by molar-refractivity contribution is -0.136. The number of pyridine rings is 1. The standard InChI is InChI=1S/C17H19N3O3.C4H8.C2H2O/c18-15-3-1-2-14(20-15)9-6-12-4-7-13(8-5-12)17(23)19-11-10-16(21)22;1-4(2)3;1-2-3-1/h1-5,7-8H,6,9-11H2,(H2,18,20)(H,19,23)(H,21,22);1H2,2-3H3;1-2H. The van der Waals surface area contributed by atoms with Gasteiger partial charge in [0.05, 0.1) is 6.42 Å². The van der Waals surface area contributed by atoms with E-state index < -0.39 is 5.97 Å². The van der Waals surface area contributed by atoms with Crippen LogP contribution in [0.4, 0.5) is 5.82 Å². The number of benzene rings is 1. The molecule has 1 amide bonds. The Bertz CT molecular complexity index is 853. The summed E-state index contributed by atoms with van der Waals surface area (Å²) in [5.74, 6) is -0.693. The molecule has 0 fully saturated rings. The van der Waals surface area contributed by atoms with Crippen LogP contribution in [0.3, 0.4) is 0 Å². The smallest absolute Gasteiger partial charge is 0.305 e. The Morgan fingerprint density at radius 3 is 2.20 bits per heavy atom. The first kappa shape index (κ1) is 24.4. The average Bonchev–Trinajstić information content (AvgIpc) is 3.55. The minimum absolute atomic E-state index is 0.0863. The van der Waals surface area contributed by atoms with Gasteiger partial charge in [0.25, 0.3) is 5.91 Å². The second-order valence-electron chi connectivity index (χ2n) is 6.77. The number of carboxylic acids is 1. The lowest BCUT2D eigenvalue weighted by atomic mass is 10.1. The van der Waals surface area contributed by atoms with Gasteiger partial charge in [-0.25, -0.2) is 4.98 Å². The molecule has 4 N–H and O–H groups in total. The average molecular weight is 412 g/mol. The van der Waals surface area contributed by atoms with E-state index in [1.165, 1.54) is 5.57 Å². The Labute approximate surface area is 177 Å². The molecule has 0 unspecified atom stereocenters. The number of anilines is 1. The molecule has 0 spiro atoms. The number of nitrogens with one attached hydrogen (secondary N) is 1. The van der Waals surface area contributed by atoms with E-state index >= 15 is 0 Å². The van der Waals surface area contributed by atoms with Crippen molar-refractivity contribution in [3.05, 3.63) is 84.0 Å². The molecule has 1 aliphatic heterocycles. The normalized spacial score (nSPS) is 10.3. The number of nitrogen functional groups attached to an aromatic ring is 1. The van der Waals surface area contributed by atoms with E-state index in [4.69, 9.17) is 10.8 Å². The van der Waals surface area contributed by atoms with Crippen molar-refractivity contribution in [3.63, 3.8) is 0 Å². The van der Waals surface area contributed by atoms with Gasteiger partial charge >= 0.3 is 5.97 Å². The number of aromatic nitrogens is 1. The number of carboxylic acid groups (broad SMARTS) is 1. The number of hydrogen-bond donors (Lipinski definition) is 3. The fraction of sp³-hybridized carbons (Fsp3) is 0.261. The van der Waals surface area contributed by atoms with E-state index in [-0.39, 0.29) is 18.9 Å². The third-order valence-corrected chi connectivity index (χ3v) is 3.47. The summed E-state index contributed by atoms with van der Waals surface area (Å²) in [5.41, 5.74) is 9.35. The summed E-state index contributed by atoms with van der Waals surface area (Å²) in [6, 6.07) is 12.8. The number of rotatable bonds is 7. The van der Waals surface area contributed by atoms with Gasteiger partial charge in [0.1, 0.15) is 18.3 Å². The molecule has 1 aromatic carbocycles. The fourth-order valence-corrected chi connectivity index (χ4v) is 2.12. The molecule has 0 bridgehead atoms. The molecule has 160 valence electrons. The quantitative estimate of drug-likeness (QED) is 0.598. The van der Waals surface area contributed by atoms with Crippen LogP contribution < -0.4 is 11.1 Å². The molecule has 2 aromatic rings. The molecular formula is C23H29N3O4. The third kappa shape index (κ3) is 12.7. The van der Waals surface area contributed by atoms with Crippen molar-refractivity contribution in [1.29, 1.82) is 0 Å². The highest BCUT2D eigenvalue weighted by molar-refractivity contribution is 5.94. The van der Waals surface area contributed by atoms with Gasteiger partial charge in [0, 0.05) is 17.8 Å². The molecule has 2 heterocycles. The van der Waals surface area contributed by atoms with Crippen LogP contribution in [-0.4, -0.2) is 28.5 Å². The second-order valence-corrected chi connectivity index (χ2v) is 6.77. The molecule has 0 radical (unpaired) electrons. The van der Waals surface area contributed by atoms with E-state index in [1.807, 2.05) is 38.1 Å². The maximum atomic E-state index is 11.8. The number of aliphatic carboxylic acids is 1. The number of allylic oxidation sites excluding steroid dienone is 1. The molecule has 0 atom stereocenters. The third-order valence-electron chi connectivity index (χ3n) is 3.47. The number of hydrogen-bond acceptors (Lipinski definition) is 5. The van der Waals surface area contributed by atoms with Crippen LogP contribution in [0.15, 0.2) is 67.1 Å². The Hall–Kier alpha value is -3.61. The molecule has 0 saturated heterocycles. The van der Waals surface area contributed by atoms with E-state index in [9.17, 15) is 9.59 Å². The summed E-state index contributed by atoms with van der Waals surface area (Å²) in [7, 11) is 0. The van der Waals surface area contributed by atoms with Crippen LogP contribution in [-0.2, 0) is 22.4 Å². The number of carbonyl (C=O) groups is 2. The minimum Gasteiger partial charge on any atom is -0.481 e. The summed E-state index contributed by atoms with van der Waals surface area (Å²) >= 11 is 0. The first-order chi connectivity index (χ1) is 14.3. The SMILES string of the molecule is C1=CO1.C=C(C)C.Nc1cccc(CCc2ccc(C(=O)NCCC(=O)O)cc2)n1. The van der Waals surface area contributed by atoms with Crippen molar-refractivity contribution in [2.24, 2.45) is 0 Å². The van der Waals surface area contributed by atoms with Gasteiger partial charge in [-0.3, -0.25) is 9.59 Å². The number of ether oxygens (including phenoxy) is 1. The molecule has 0 saturated carbocycles. The highest BCUT2D eigenvalue weighted by Crippen LogP contribution is 2.09. The molecule has 7 heteroatoms. The van der Waals surface area contributed by atoms with Crippen molar-refractivity contribution < 1.29 is 19.4 Å². The zero-order valence-electron chi connectivity index (χ0n) is 17.4. The number of nitrogens with two attached hydrogens (primary N) is 1. The van der Waals surface area contributed by atoms with Gasteiger partial charge < -0.3 is 20.9 Å². The van der Waals surface area contributed by atoms with E-state index in [0.717, 1.165) is 24.1 Å². The number of amides is 1. The predicted octanol–water partition coefficient (Wildman–Crippen LogP) is 3.72. The highest BCUT2D eigenvalue weighted by Gasteiger charge is 2.06. The van der Waals surface area contributed by atoms with Crippen LogP contribution in [0.1, 0.15) is 41.9 Å². The molecule has 1 aromatic heterocycles. The van der Waals surface area contributed by atoms with Crippen LogP contribution in [0.5, 0.6) is 0 Å². The summed E-state index contributed by atoms with van der Waals surface area (Å²) in [5, 5.41) is 11.1. The zero-order chi connectivity index (χ0) is 22.4. The fourth-order valence-electron chi connectivity index (χ4n) is 2.12. The van der Waals surface area contributed by atoms with Gasteiger partial charge in [0.2, 0.25) is 0 Å². The summed E-state index contributed by atoms with van der Waals surface area (Å²) in [6.45, 7) is 7.62. The van der Waals surface area contributed by atoms with Gasteiger partial charge in [-0.15, -0.1) is 6.58 Å². The Morgan fingerprint density at radius 1 is 1.10 bits per heavy atom. The van der Waals surface area contributed by atoms with E-state index in [1.54, 1.807) is 30.7 Å². The monoisotopic (exact) mass is 411 g/mol. The second kappa shape index (κ2) is 13.5. The molecule has 0 aliphatic carbocycles. The predicted molar refractivity (Wildman–Crippen MR) is 118 cm³/mol.